The van der Waals surface area contributed by atoms with Crippen molar-refractivity contribution < 1.29 is 9.53 Å². The predicted octanol–water partition coefficient (Wildman–Crippen LogP) is 3.48. The van der Waals surface area contributed by atoms with Crippen LogP contribution in [0, 0.1) is 0 Å². The zero-order chi connectivity index (χ0) is 16.3. The maximum absolute atomic E-state index is 12.5. The van der Waals surface area contributed by atoms with Crippen molar-refractivity contribution in [2.75, 3.05) is 7.05 Å². The molecule has 0 fully saturated rings. The van der Waals surface area contributed by atoms with Crippen molar-refractivity contribution in [1.29, 1.82) is 0 Å². The Labute approximate surface area is 133 Å². The van der Waals surface area contributed by atoms with Crippen LogP contribution in [0.2, 0.25) is 0 Å². The lowest BCUT2D eigenvalue weighted by molar-refractivity contribution is 0.0115. The van der Waals surface area contributed by atoms with Crippen LogP contribution in [-0.2, 0) is 24.2 Å². The molecule has 0 radical (unpaired) electrons. The van der Waals surface area contributed by atoms with E-state index in [-0.39, 0.29) is 12.1 Å². The molecule has 4 heteroatoms. The molecule has 1 aliphatic heterocycles. The van der Waals surface area contributed by atoms with Crippen molar-refractivity contribution in [3.63, 3.8) is 0 Å². The average Bonchev–Trinajstić information content (AvgIpc) is 2.44. The third kappa shape index (κ3) is 4.01. The highest BCUT2D eigenvalue weighted by Crippen LogP contribution is 2.27. The molecule has 122 valence electrons. The molecule has 1 aromatic carbocycles. The second-order valence-corrected chi connectivity index (χ2v) is 7.01. The van der Waals surface area contributed by atoms with Crippen molar-refractivity contribution in [2.45, 2.75) is 65.3 Å². The molecule has 1 aromatic rings. The Morgan fingerprint density at radius 3 is 2.68 bits per heavy atom. The second kappa shape index (κ2) is 6.69. The Morgan fingerprint density at radius 1 is 1.36 bits per heavy atom. The lowest BCUT2D eigenvalue weighted by Gasteiger charge is -2.37. The minimum absolute atomic E-state index is 0.204. The molecule has 1 unspecified atom stereocenters. The monoisotopic (exact) mass is 304 g/mol. The van der Waals surface area contributed by atoms with Gasteiger partial charge in [0.05, 0.1) is 0 Å². The topological polar surface area (TPSA) is 41.6 Å². The average molecular weight is 304 g/mol. The van der Waals surface area contributed by atoms with Gasteiger partial charge < -0.3 is 15.0 Å². The number of ether oxygens (including phenoxy) is 1. The normalized spacial score (nSPS) is 18.0. The van der Waals surface area contributed by atoms with E-state index < -0.39 is 5.60 Å². The zero-order valence-electron chi connectivity index (χ0n) is 14.4. The smallest absolute Gasteiger partial charge is 0.410 e. The van der Waals surface area contributed by atoms with Crippen molar-refractivity contribution in [3.8, 4) is 0 Å². The summed E-state index contributed by atoms with van der Waals surface area (Å²) in [5.41, 5.74) is 3.43. The summed E-state index contributed by atoms with van der Waals surface area (Å²) in [6.07, 6.45) is 1.64. The summed E-state index contributed by atoms with van der Waals surface area (Å²) in [5, 5.41) is 3.18. The Kier molecular flexibility index (Phi) is 5.12. The molecular formula is C18H28N2O2. The molecule has 1 aliphatic rings. The van der Waals surface area contributed by atoms with Gasteiger partial charge in [0.15, 0.2) is 0 Å². The van der Waals surface area contributed by atoms with E-state index in [1.807, 2.05) is 32.7 Å². The van der Waals surface area contributed by atoms with Crippen molar-refractivity contribution >= 4 is 6.09 Å². The van der Waals surface area contributed by atoms with Gasteiger partial charge in [-0.1, -0.05) is 25.1 Å². The van der Waals surface area contributed by atoms with Crippen molar-refractivity contribution in [2.24, 2.45) is 0 Å². The van der Waals surface area contributed by atoms with Crippen LogP contribution in [0.5, 0.6) is 0 Å². The molecule has 1 heterocycles. The summed E-state index contributed by atoms with van der Waals surface area (Å²) >= 11 is 0. The lowest BCUT2D eigenvalue weighted by Crippen LogP contribution is -2.46. The number of carbonyl (C=O) groups is 1. The van der Waals surface area contributed by atoms with E-state index >= 15 is 0 Å². The molecule has 0 saturated carbocycles. The van der Waals surface area contributed by atoms with E-state index in [0.717, 1.165) is 19.4 Å². The fraction of sp³-hybridized carbons (Fsp3) is 0.611. The maximum atomic E-state index is 12.5. The molecule has 22 heavy (non-hydrogen) atoms. The van der Waals surface area contributed by atoms with Gasteiger partial charge >= 0.3 is 6.09 Å². The minimum Gasteiger partial charge on any atom is -0.444 e. The molecule has 4 nitrogen and oxygen atoms in total. The number of nitrogens with one attached hydrogen (secondary N) is 1. The molecule has 1 amide bonds. The first kappa shape index (κ1) is 16.8. The number of hydrogen-bond acceptors (Lipinski definition) is 3. The second-order valence-electron chi connectivity index (χ2n) is 7.01. The third-order valence-corrected chi connectivity index (χ3v) is 3.99. The zero-order valence-corrected chi connectivity index (χ0v) is 14.4. The van der Waals surface area contributed by atoms with Gasteiger partial charge in [0, 0.05) is 19.1 Å². The molecule has 0 spiro atoms. The number of amides is 1. The van der Waals surface area contributed by atoms with E-state index in [4.69, 9.17) is 4.74 Å². The van der Waals surface area contributed by atoms with Gasteiger partial charge in [0.2, 0.25) is 0 Å². The van der Waals surface area contributed by atoms with Crippen molar-refractivity contribution in [1.82, 2.24) is 10.2 Å². The molecule has 0 aliphatic carbocycles. The van der Waals surface area contributed by atoms with Gasteiger partial charge in [0.1, 0.15) is 5.60 Å². The van der Waals surface area contributed by atoms with Crippen LogP contribution in [0.4, 0.5) is 4.79 Å². The fourth-order valence-electron chi connectivity index (χ4n) is 2.91. The first-order chi connectivity index (χ1) is 10.3. The minimum atomic E-state index is -0.452. The quantitative estimate of drug-likeness (QED) is 0.929. The highest BCUT2D eigenvalue weighted by Gasteiger charge is 2.31. The van der Waals surface area contributed by atoms with Crippen LogP contribution in [0.15, 0.2) is 18.2 Å². The molecule has 0 aromatic heterocycles. The van der Waals surface area contributed by atoms with Gasteiger partial charge in [-0.15, -0.1) is 0 Å². The Balaban J connectivity index is 2.20. The van der Waals surface area contributed by atoms with E-state index in [2.05, 4.69) is 30.4 Å². The van der Waals surface area contributed by atoms with Crippen molar-refractivity contribution in [3.05, 3.63) is 34.9 Å². The lowest BCUT2D eigenvalue weighted by atomic mass is 9.91. The number of benzene rings is 1. The summed E-state index contributed by atoms with van der Waals surface area (Å²) in [7, 11) is 1.96. The number of nitrogens with zero attached hydrogens (tertiary/aromatic N) is 1. The summed E-state index contributed by atoms with van der Waals surface area (Å²) in [6.45, 7) is 9.38. The van der Waals surface area contributed by atoms with Gasteiger partial charge in [0.25, 0.3) is 0 Å². The summed E-state index contributed by atoms with van der Waals surface area (Å²) in [5.74, 6) is 0. The van der Waals surface area contributed by atoms with Crippen LogP contribution in [-0.4, -0.2) is 29.7 Å². The molecule has 2 rings (SSSR count). The first-order valence-corrected chi connectivity index (χ1v) is 8.09. The maximum Gasteiger partial charge on any atom is 0.410 e. The SMILES string of the molecule is CCC1Cc2cc(CNC)ccc2CN1C(=O)OC(C)(C)C. The van der Waals surface area contributed by atoms with E-state index in [1.165, 1.54) is 16.7 Å². The van der Waals surface area contributed by atoms with E-state index in [0.29, 0.717) is 6.54 Å². The highest BCUT2D eigenvalue weighted by molar-refractivity contribution is 5.69. The van der Waals surface area contributed by atoms with E-state index in [9.17, 15) is 4.79 Å². The van der Waals surface area contributed by atoms with Crippen LogP contribution >= 0.6 is 0 Å². The Bertz CT molecular complexity index is 534. The van der Waals surface area contributed by atoms with Crippen LogP contribution in [0.25, 0.3) is 0 Å². The van der Waals surface area contributed by atoms with Gasteiger partial charge in [-0.3, -0.25) is 0 Å². The standard InChI is InChI=1S/C18H28N2O2/c1-6-16-10-15-9-13(11-19-5)7-8-14(15)12-20(16)17(21)22-18(2,3)4/h7-9,16,19H,6,10-12H2,1-5H3. The molecule has 0 saturated heterocycles. The van der Waals surface area contributed by atoms with Crippen LogP contribution in [0.3, 0.4) is 0 Å². The molecule has 1 N–H and O–H groups in total. The summed E-state index contributed by atoms with van der Waals surface area (Å²) in [6, 6.07) is 6.76. The molecular weight excluding hydrogens is 276 g/mol. The Hall–Kier alpha value is -1.55. The number of fused-ring (bicyclic) bond motifs is 1. The highest BCUT2D eigenvalue weighted by atomic mass is 16.6. The first-order valence-electron chi connectivity index (χ1n) is 8.09. The summed E-state index contributed by atoms with van der Waals surface area (Å²) in [4.78, 5) is 14.3. The fourth-order valence-corrected chi connectivity index (χ4v) is 2.91. The number of carbonyl (C=O) groups excluding carboxylic acids is 1. The molecule has 1 atom stereocenters. The summed E-state index contributed by atoms with van der Waals surface area (Å²) < 4.78 is 5.56. The number of hydrogen-bond donors (Lipinski definition) is 1. The van der Waals surface area contributed by atoms with Gasteiger partial charge in [-0.05, 0) is 57.4 Å². The van der Waals surface area contributed by atoms with Gasteiger partial charge in [-0.25, -0.2) is 4.79 Å². The van der Waals surface area contributed by atoms with Crippen LogP contribution < -0.4 is 5.32 Å². The van der Waals surface area contributed by atoms with Crippen LogP contribution in [0.1, 0.15) is 50.8 Å². The number of rotatable bonds is 3. The van der Waals surface area contributed by atoms with E-state index in [1.54, 1.807) is 0 Å². The predicted molar refractivity (Wildman–Crippen MR) is 88.8 cm³/mol. The van der Waals surface area contributed by atoms with Gasteiger partial charge in [-0.2, -0.15) is 0 Å². The third-order valence-electron chi connectivity index (χ3n) is 3.99. The largest absolute Gasteiger partial charge is 0.444 e. The Morgan fingerprint density at radius 2 is 2.09 bits per heavy atom. The molecule has 0 bridgehead atoms.